The first-order chi connectivity index (χ1) is 15.8. The van der Waals surface area contributed by atoms with Crippen molar-refractivity contribution in [2.75, 3.05) is 25.0 Å². The Morgan fingerprint density at radius 1 is 1.24 bits per heavy atom. The maximum atomic E-state index is 13.3. The van der Waals surface area contributed by atoms with Gasteiger partial charge in [-0.2, -0.15) is 0 Å². The summed E-state index contributed by atoms with van der Waals surface area (Å²) in [5.74, 6) is 0. The number of urea groups is 1. The predicted octanol–water partition coefficient (Wildman–Crippen LogP) is 5.32. The van der Waals surface area contributed by atoms with Gasteiger partial charge < -0.3 is 15.2 Å². The summed E-state index contributed by atoms with van der Waals surface area (Å²) in [5.41, 5.74) is 4.08. The smallest absolute Gasteiger partial charge is 0.322 e. The third-order valence-corrected chi connectivity index (χ3v) is 6.69. The number of halogens is 1. The summed E-state index contributed by atoms with van der Waals surface area (Å²) in [6, 6.07) is 13.2. The van der Waals surface area contributed by atoms with Gasteiger partial charge >= 0.3 is 6.03 Å². The van der Waals surface area contributed by atoms with Crippen LogP contribution in [0.3, 0.4) is 0 Å². The minimum atomic E-state index is -0.236. The third-order valence-electron chi connectivity index (χ3n) is 6.45. The average Bonchev–Trinajstić information content (AvgIpc) is 3.21. The molecule has 1 atom stereocenters. The van der Waals surface area contributed by atoms with Crippen molar-refractivity contribution in [3.8, 4) is 0 Å². The van der Waals surface area contributed by atoms with Crippen molar-refractivity contribution >= 4 is 34.2 Å². The monoisotopic (exact) mass is 466 g/mol. The SMILES string of the molecule is CCN1CCC[C@@H]1CN(Cc1cc2c(C)cc(C)cc2[nH]c1=O)C(=O)Nc1cccc(Cl)c1. The van der Waals surface area contributed by atoms with E-state index in [1.54, 1.807) is 23.1 Å². The number of aromatic nitrogens is 1. The zero-order valence-corrected chi connectivity index (χ0v) is 20.2. The molecule has 174 valence electrons. The second-order valence-electron chi connectivity index (χ2n) is 8.91. The maximum Gasteiger partial charge on any atom is 0.322 e. The summed E-state index contributed by atoms with van der Waals surface area (Å²) in [5, 5.41) is 4.52. The molecule has 3 aromatic rings. The highest BCUT2D eigenvalue weighted by Crippen LogP contribution is 2.22. The summed E-state index contributed by atoms with van der Waals surface area (Å²) in [6.45, 7) is 8.99. The highest BCUT2D eigenvalue weighted by Gasteiger charge is 2.28. The number of nitrogens with one attached hydrogen (secondary N) is 2. The fourth-order valence-electron chi connectivity index (χ4n) is 4.80. The number of H-pyrrole nitrogens is 1. The molecule has 1 aromatic heterocycles. The van der Waals surface area contributed by atoms with E-state index in [-0.39, 0.29) is 24.2 Å². The first kappa shape index (κ1) is 23.3. The van der Waals surface area contributed by atoms with E-state index in [2.05, 4.69) is 28.2 Å². The molecule has 6 nitrogen and oxygen atoms in total. The van der Waals surface area contributed by atoms with Crippen molar-refractivity contribution in [3.63, 3.8) is 0 Å². The molecule has 2 heterocycles. The lowest BCUT2D eigenvalue weighted by Crippen LogP contribution is -2.45. The number of aromatic amines is 1. The van der Waals surface area contributed by atoms with E-state index in [0.29, 0.717) is 22.8 Å². The van der Waals surface area contributed by atoms with Gasteiger partial charge in [-0.3, -0.25) is 9.69 Å². The number of amides is 2. The van der Waals surface area contributed by atoms with Gasteiger partial charge in [-0.15, -0.1) is 0 Å². The molecule has 0 aliphatic carbocycles. The predicted molar refractivity (Wildman–Crippen MR) is 135 cm³/mol. The average molecular weight is 467 g/mol. The van der Waals surface area contributed by atoms with Crippen molar-refractivity contribution in [2.45, 2.75) is 46.2 Å². The van der Waals surface area contributed by atoms with Gasteiger partial charge in [-0.1, -0.05) is 30.7 Å². The number of carbonyl (C=O) groups excluding carboxylic acids is 1. The zero-order chi connectivity index (χ0) is 23.5. The number of nitrogens with zero attached hydrogens (tertiary/aromatic N) is 2. The van der Waals surface area contributed by atoms with Gasteiger partial charge in [0.2, 0.25) is 0 Å². The molecular formula is C26H31ClN4O2. The number of anilines is 1. The topological polar surface area (TPSA) is 68.4 Å². The molecule has 2 aromatic carbocycles. The number of carbonyl (C=O) groups is 1. The number of pyridine rings is 1. The Balaban J connectivity index is 1.64. The Labute approximate surface area is 199 Å². The zero-order valence-electron chi connectivity index (χ0n) is 19.5. The summed E-state index contributed by atoms with van der Waals surface area (Å²) in [6.07, 6.45) is 2.17. The van der Waals surface area contributed by atoms with Crippen LogP contribution >= 0.6 is 11.6 Å². The van der Waals surface area contributed by atoms with Gasteiger partial charge in [0.25, 0.3) is 5.56 Å². The van der Waals surface area contributed by atoms with Crippen LogP contribution in [0.1, 0.15) is 36.5 Å². The lowest BCUT2D eigenvalue weighted by Gasteiger charge is -2.30. The van der Waals surface area contributed by atoms with E-state index < -0.39 is 0 Å². The van der Waals surface area contributed by atoms with Crippen molar-refractivity contribution in [1.82, 2.24) is 14.8 Å². The first-order valence-electron chi connectivity index (χ1n) is 11.5. The summed E-state index contributed by atoms with van der Waals surface area (Å²) in [7, 11) is 0. The van der Waals surface area contributed by atoms with Gasteiger partial charge in [-0.05, 0) is 81.2 Å². The molecule has 2 N–H and O–H groups in total. The van der Waals surface area contributed by atoms with Crippen LogP contribution in [-0.2, 0) is 6.54 Å². The maximum absolute atomic E-state index is 13.3. The Bertz CT molecular complexity index is 1220. The van der Waals surface area contributed by atoms with Crippen LogP contribution in [0.25, 0.3) is 10.9 Å². The number of hydrogen-bond donors (Lipinski definition) is 2. The lowest BCUT2D eigenvalue weighted by atomic mass is 10.0. The molecule has 0 saturated carbocycles. The Kier molecular flexibility index (Phi) is 7.05. The van der Waals surface area contributed by atoms with Crippen molar-refractivity contribution < 1.29 is 4.79 Å². The van der Waals surface area contributed by atoms with Gasteiger partial charge in [0, 0.05) is 39.8 Å². The molecule has 1 fully saturated rings. The molecule has 1 saturated heterocycles. The standard InChI is InChI=1S/C26H31ClN4O2/c1-4-30-10-6-9-22(30)16-31(26(33)28-21-8-5-7-20(27)14-21)15-19-13-23-18(3)11-17(2)12-24(23)29-25(19)32/h5,7-8,11-14,22H,4,6,9-10,15-16H2,1-3H3,(H,28,33)(H,29,32)/t22-/m1/s1. The molecule has 1 aliphatic rings. The quantitative estimate of drug-likeness (QED) is 0.516. The second kappa shape index (κ2) is 9.98. The van der Waals surface area contributed by atoms with E-state index >= 15 is 0 Å². The molecule has 7 heteroatoms. The van der Waals surface area contributed by atoms with E-state index in [1.807, 2.05) is 32.0 Å². The summed E-state index contributed by atoms with van der Waals surface area (Å²) in [4.78, 5) is 33.4. The van der Waals surface area contributed by atoms with Gasteiger partial charge in [0.15, 0.2) is 0 Å². The number of aryl methyl sites for hydroxylation is 2. The number of hydrogen-bond acceptors (Lipinski definition) is 3. The normalized spacial score (nSPS) is 16.3. The Morgan fingerprint density at radius 3 is 2.82 bits per heavy atom. The summed E-state index contributed by atoms with van der Waals surface area (Å²) >= 11 is 6.10. The molecule has 0 spiro atoms. The van der Waals surface area contributed by atoms with Gasteiger partial charge in [0.1, 0.15) is 0 Å². The van der Waals surface area contributed by atoms with Crippen LogP contribution in [0.5, 0.6) is 0 Å². The number of benzene rings is 2. The first-order valence-corrected chi connectivity index (χ1v) is 11.9. The van der Waals surface area contributed by atoms with Crippen LogP contribution in [0.2, 0.25) is 5.02 Å². The van der Waals surface area contributed by atoms with Gasteiger partial charge in [-0.25, -0.2) is 4.79 Å². The number of rotatable bonds is 6. The molecule has 4 rings (SSSR count). The molecule has 2 amide bonds. The highest BCUT2D eigenvalue weighted by molar-refractivity contribution is 6.30. The lowest BCUT2D eigenvalue weighted by molar-refractivity contribution is 0.174. The van der Waals surface area contributed by atoms with Crippen LogP contribution < -0.4 is 10.9 Å². The highest BCUT2D eigenvalue weighted by atomic mass is 35.5. The van der Waals surface area contributed by atoms with E-state index in [0.717, 1.165) is 48.0 Å². The molecule has 1 aliphatic heterocycles. The van der Waals surface area contributed by atoms with E-state index in [4.69, 9.17) is 11.6 Å². The van der Waals surface area contributed by atoms with E-state index in [1.165, 1.54) is 0 Å². The van der Waals surface area contributed by atoms with Crippen molar-refractivity contribution in [3.05, 3.63) is 74.5 Å². The molecular weight excluding hydrogens is 436 g/mol. The van der Waals surface area contributed by atoms with Crippen LogP contribution in [0.15, 0.2) is 47.3 Å². The summed E-state index contributed by atoms with van der Waals surface area (Å²) < 4.78 is 0. The minimum Gasteiger partial charge on any atom is -0.322 e. The fraction of sp³-hybridized carbons (Fsp3) is 0.385. The fourth-order valence-corrected chi connectivity index (χ4v) is 4.99. The molecule has 33 heavy (non-hydrogen) atoms. The number of likely N-dealkylation sites (N-methyl/N-ethyl adjacent to an activating group) is 1. The van der Waals surface area contributed by atoms with Crippen molar-refractivity contribution in [2.24, 2.45) is 0 Å². The third kappa shape index (κ3) is 5.40. The largest absolute Gasteiger partial charge is 0.322 e. The second-order valence-corrected chi connectivity index (χ2v) is 9.35. The Morgan fingerprint density at radius 2 is 2.06 bits per heavy atom. The van der Waals surface area contributed by atoms with Crippen molar-refractivity contribution in [1.29, 1.82) is 0 Å². The van der Waals surface area contributed by atoms with Crippen LogP contribution in [-0.4, -0.2) is 46.5 Å². The number of fused-ring (bicyclic) bond motifs is 1. The molecule has 0 radical (unpaired) electrons. The number of likely N-dealkylation sites (tertiary alicyclic amines) is 1. The minimum absolute atomic E-state index is 0.160. The Hall–Kier alpha value is -2.83. The van der Waals surface area contributed by atoms with Crippen LogP contribution in [0.4, 0.5) is 10.5 Å². The van der Waals surface area contributed by atoms with Crippen LogP contribution in [0, 0.1) is 13.8 Å². The van der Waals surface area contributed by atoms with E-state index in [9.17, 15) is 9.59 Å². The molecule has 0 unspecified atom stereocenters. The molecule has 0 bridgehead atoms. The van der Waals surface area contributed by atoms with Gasteiger partial charge in [0.05, 0.1) is 6.54 Å².